The fourth-order valence-corrected chi connectivity index (χ4v) is 18.6. The third-order valence-corrected chi connectivity index (χ3v) is 21.7. The molecule has 6 nitrogen and oxygen atoms in total. The van der Waals surface area contributed by atoms with Crippen LogP contribution in [0.1, 0.15) is 108 Å². The number of hydrogen-bond acceptors (Lipinski definition) is 10. The average Bonchev–Trinajstić information content (AvgIpc) is 1.50. The van der Waals surface area contributed by atoms with Gasteiger partial charge in [-0.15, -0.1) is 45.3 Å². The number of fused-ring (bicyclic) bond motifs is 11. The number of halogens is 4. The Labute approximate surface area is 494 Å². The minimum Gasteiger partial charge on any atom is -0.289 e. The summed E-state index contributed by atoms with van der Waals surface area (Å²) in [5.74, 6) is -6.16. The van der Waals surface area contributed by atoms with Crippen molar-refractivity contribution in [2.75, 3.05) is 0 Å². The molecule has 4 aliphatic carbocycles. The summed E-state index contributed by atoms with van der Waals surface area (Å²) in [5.41, 5.74) is 8.78. The number of nitrogens with zero attached hydrogens (tertiary/aromatic N) is 4. The molecule has 0 unspecified atom stereocenters. The van der Waals surface area contributed by atoms with Crippen LogP contribution in [-0.4, -0.2) is 11.6 Å². The molecule has 14 heteroatoms. The van der Waals surface area contributed by atoms with Crippen LogP contribution >= 0.6 is 45.3 Å². The van der Waals surface area contributed by atoms with Crippen molar-refractivity contribution in [3.63, 3.8) is 0 Å². The zero-order valence-electron chi connectivity index (χ0n) is 44.6. The second kappa shape index (κ2) is 19.0. The minimum absolute atomic E-state index is 0.0240. The Hall–Kier alpha value is -9.64. The molecule has 14 rings (SSSR count). The van der Waals surface area contributed by atoms with E-state index in [0.717, 1.165) is 120 Å². The maximum Gasteiger partial charge on any atom is 0.194 e. The van der Waals surface area contributed by atoms with Crippen molar-refractivity contribution in [3.05, 3.63) is 278 Å². The lowest BCUT2D eigenvalue weighted by atomic mass is 9.67. The molecule has 0 saturated carbocycles. The summed E-state index contributed by atoms with van der Waals surface area (Å²) in [6.45, 7) is 8.14. The van der Waals surface area contributed by atoms with E-state index in [1.54, 1.807) is 34.8 Å². The first-order chi connectivity index (χ1) is 40.5. The van der Waals surface area contributed by atoms with Crippen LogP contribution in [-0.2, 0) is 10.8 Å². The van der Waals surface area contributed by atoms with E-state index in [2.05, 4.69) is 109 Å². The number of aryl methyl sites for hydroxylation is 4. The Morgan fingerprint density at radius 1 is 0.405 bits per heavy atom. The molecule has 4 aliphatic rings. The maximum atomic E-state index is 15.0. The Balaban J connectivity index is 1.07. The highest BCUT2D eigenvalue weighted by atomic mass is 32.1. The lowest BCUT2D eigenvalue weighted by Crippen LogP contribution is -2.28. The SMILES string of the molecule is Cc1ccc(C2(c3ccc(C)cc3)c3cc(/C=C4\C(=O)c5cc(F)c(F)cc5C4=C(C#N)C#N)sc3-c3sc4c5c(sc4c32)-c2sc(/C=C3\C(=O)c4cc(F)c(F)cc4C3=C(C#N)C#N)cc2C5(c2ccc(C)cc2)c2ccc(C)cc2)cc1. The summed E-state index contributed by atoms with van der Waals surface area (Å²) >= 11 is 6.27. The van der Waals surface area contributed by atoms with Gasteiger partial charge in [0.15, 0.2) is 34.8 Å². The van der Waals surface area contributed by atoms with Crippen LogP contribution in [0.5, 0.6) is 0 Å². The summed E-state index contributed by atoms with van der Waals surface area (Å²) in [6.07, 6.45) is 3.26. The largest absolute Gasteiger partial charge is 0.289 e. The smallest absolute Gasteiger partial charge is 0.194 e. The van der Waals surface area contributed by atoms with Crippen LogP contribution in [0.4, 0.5) is 17.6 Å². The fraction of sp³-hybridized carbons (Fsp3) is 0.0857. The number of Topliss-reactive ketones (excluding diaryl/α,β-unsaturated/α-hetero) is 2. The highest BCUT2D eigenvalue weighted by Crippen LogP contribution is 2.70. The van der Waals surface area contributed by atoms with E-state index in [1.807, 2.05) is 52.0 Å². The van der Waals surface area contributed by atoms with Gasteiger partial charge in [0.25, 0.3) is 0 Å². The molecule has 0 atom stereocenters. The average molecular weight is 1170 g/mol. The van der Waals surface area contributed by atoms with Gasteiger partial charge in [-0.3, -0.25) is 9.59 Å². The molecule has 0 spiro atoms. The molecule has 0 N–H and O–H groups in total. The van der Waals surface area contributed by atoms with Gasteiger partial charge in [0.05, 0.1) is 39.7 Å². The summed E-state index contributed by atoms with van der Waals surface area (Å²) < 4.78 is 61.8. The van der Waals surface area contributed by atoms with Crippen LogP contribution < -0.4 is 0 Å². The maximum absolute atomic E-state index is 15.0. The molecule has 0 bridgehead atoms. The number of allylic oxidation sites excluding steroid dienone is 6. The Bertz CT molecular complexity index is 4560. The number of benzene rings is 6. The molecule has 0 fully saturated rings. The molecule has 400 valence electrons. The van der Waals surface area contributed by atoms with Gasteiger partial charge in [0.2, 0.25) is 0 Å². The molecule has 10 aromatic rings. The minimum atomic E-state index is -1.23. The van der Waals surface area contributed by atoms with Crippen molar-refractivity contribution in [2.24, 2.45) is 0 Å². The van der Waals surface area contributed by atoms with Crippen LogP contribution in [0, 0.1) is 96.3 Å². The third kappa shape index (κ3) is 7.19. The molecular formula is C70H36F4N4O2S4. The number of hydrogen-bond donors (Lipinski definition) is 0. The third-order valence-electron chi connectivity index (χ3n) is 16.6. The van der Waals surface area contributed by atoms with E-state index in [4.69, 9.17) is 0 Å². The Kier molecular flexibility index (Phi) is 11.8. The zero-order valence-corrected chi connectivity index (χ0v) is 47.9. The second-order valence-electron chi connectivity index (χ2n) is 21.4. The van der Waals surface area contributed by atoms with Gasteiger partial charge in [-0.2, -0.15) is 21.0 Å². The van der Waals surface area contributed by atoms with Gasteiger partial charge in [0.1, 0.15) is 35.4 Å². The van der Waals surface area contributed by atoms with E-state index >= 15 is 0 Å². The first-order valence-corrected chi connectivity index (χ1v) is 29.6. The Morgan fingerprint density at radius 2 is 0.690 bits per heavy atom. The summed E-state index contributed by atoms with van der Waals surface area (Å²) in [5, 5.41) is 40.9. The fourth-order valence-electron chi connectivity index (χ4n) is 12.9. The molecule has 0 radical (unpaired) electrons. The summed E-state index contributed by atoms with van der Waals surface area (Å²) in [7, 11) is 0. The van der Waals surface area contributed by atoms with E-state index in [1.165, 1.54) is 22.7 Å². The summed E-state index contributed by atoms with van der Waals surface area (Å²) in [4.78, 5) is 33.9. The molecule has 4 heterocycles. The number of ketones is 2. The molecular weight excluding hydrogens is 1130 g/mol. The highest BCUT2D eigenvalue weighted by Gasteiger charge is 2.55. The number of carbonyl (C=O) groups excluding carboxylic acids is 2. The molecule has 0 aliphatic heterocycles. The summed E-state index contributed by atoms with van der Waals surface area (Å²) in [6, 6.07) is 49.0. The molecule has 6 aromatic carbocycles. The van der Waals surface area contributed by atoms with Gasteiger partial charge in [-0.1, -0.05) is 119 Å². The molecule has 0 saturated heterocycles. The predicted octanol–water partition coefficient (Wildman–Crippen LogP) is 17.8. The van der Waals surface area contributed by atoms with E-state index in [-0.39, 0.29) is 44.5 Å². The van der Waals surface area contributed by atoms with Crippen molar-refractivity contribution in [1.82, 2.24) is 0 Å². The van der Waals surface area contributed by atoms with Crippen LogP contribution in [0.25, 0.3) is 52.2 Å². The molecule has 4 aromatic heterocycles. The van der Waals surface area contributed by atoms with Crippen molar-refractivity contribution in [2.45, 2.75) is 38.5 Å². The van der Waals surface area contributed by atoms with Crippen molar-refractivity contribution >= 4 is 89.6 Å². The first kappa shape index (κ1) is 52.4. The number of thiophene rings is 4. The van der Waals surface area contributed by atoms with E-state index in [0.29, 0.717) is 9.75 Å². The first-order valence-electron chi connectivity index (χ1n) is 26.3. The number of carbonyl (C=O) groups is 2. The van der Waals surface area contributed by atoms with Crippen LogP contribution in [0.2, 0.25) is 0 Å². The van der Waals surface area contributed by atoms with Crippen molar-refractivity contribution in [3.8, 4) is 43.8 Å². The zero-order chi connectivity index (χ0) is 58.4. The van der Waals surface area contributed by atoms with Crippen LogP contribution in [0.15, 0.2) is 156 Å². The number of nitriles is 4. The molecule has 84 heavy (non-hydrogen) atoms. The van der Waals surface area contributed by atoms with Gasteiger partial charge in [-0.25, -0.2) is 17.6 Å². The van der Waals surface area contributed by atoms with Crippen molar-refractivity contribution < 1.29 is 27.2 Å². The highest BCUT2D eigenvalue weighted by molar-refractivity contribution is 7.34. The monoisotopic (exact) mass is 1170 g/mol. The van der Waals surface area contributed by atoms with Gasteiger partial charge in [0, 0.05) is 54.3 Å². The predicted molar refractivity (Wildman–Crippen MR) is 323 cm³/mol. The lowest BCUT2D eigenvalue weighted by Gasteiger charge is -2.34. The molecule has 0 amide bonds. The topological polar surface area (TPSA) is 129 Å². The van der Waals surface area contributed by atoms with E-state index < -0.39 is 56.8 Å². The number of rotatable bonds is 6. The van der Waals surface area contributed by atoms with E-state index in [9.17, 15) is 48.2 Å². The van der Waals surface area contributed by atoms with Crippen molar-refractivity contribution in [1.29, 1.82) is 21.0 Å². The normalized spacial score (nSPS) is 15.6. The standard InChI is InChI=1S/C70H36F4N4O2S4/c1-33-5-13-39(14-6-33)69(40-15-7-34(2)8-16-40)51-23-43(21-49-57(37(29-75)30-76)45-25-53(71)55(73)27-47(45)61(49)79)81-63(51)65-59(69)67-68(83-65)60-66(84-67)64-52(70(60,41-17-9-35(3)10-18-41)42-19-11-36(4)12-20-42)24-44(82-64)22-50-58(38(31-77)32-78)46-26-54(72)56(74)28-48(46)62(50)80/h5-28H,1-4H3/b49-21-,50-22-. The Morgan fingerprint density at radius 3 is 0.976 bits per heavy atom. The van der Waals surface area contributed by atoms with Gasteiger partial charge < -0.3 is 0 Å². The van der Waals surface area contributed by atoms with Gasteiger partial charge in [-0.05, 0) is 121 Å². The van der Waals surface area contributed by atoms with Gasteiger partial charge >= 0.3 is 0 Å². The quantitative estimate of drug-likeness (QED) is 0.0926. The van der Waals surface area contributed by atoms with Crippen LogP contribution in [0.3, 0.4) is 0 Å². The lowest BCUT2D eigenvalue weighted by molar-refractivity contribution is 0.103. The second-order valence-corrected chi connectivity index (χ2v) is 25.6.